The van der Waals surface area contributed by atoms with Crippen LogP contribution in [0.25, 0.3) is 0 Å². The first-order chi connectivity index (χ1) is 12.8. The Labute approximate surface area is 154 Å². The molecule has 1 fully saturated rings. The highest BCUT2D eigenvalue weighted by Gasteiger charge is 2.40. The highest BCUT2D eigenvalue weighted by atomic mass is 16.2. The maximum atomic E-state index is 12.8. The Kier molecular flexibility index (Phi) is 3.92. The molecule has 4 atom stereocenters. The first kappa shape index (κ1) is 15.9. The van der Waals surface area contributed by atoms with E-state index in [0.29, 0.717) is 11.8 Å². The van der Waals surface area contributed by atoms with Crippen LogP contribution in [-0.4, -0.2) is 15.7 Å². The summed E-state index contributed by atoms with van der Waals surface area (Å²) >= 11 is 0. The fourth-order valence-corrected chi connectivity index (χ4v) is 5.02. The van der Waals surface area contributed by atoms with E-state index in [-0.39, 0.29) is 17.9 Å². The zero-order valence-electron chi connectivity index (χ0n) is 15.0. The molecule has 0 aliphatic heterocycles. The van der Waals surface area contributed by atoms with Gasteiger partial charge in [0.05, 0.1) is 18.8 Å². The lowest BCUT2D eigenvalue weighted by atomic mass is 9.89. The van der Waals surface area contributed by atoms with Crippen LogP contribution in [0.1, 0.15) is 48.5 Å². The van der Waals surface area contributed by atoms with Crippen molar-refractivity contribution in [2.24, 2.45) is 17.8 Å². The molecule has 4 nitrogen and oxygen atoms in total. The van der Waals surface area contributed by atoms with Crippen LogP contribution in [0.4, 0.5) is 0 Å². The van der Waals surface area contributed by atoms with Crippen molar-refractivity contribution in [3.8, 4) is 0 Å². The molecule has 2 aromatic rings. The quantitative estimate of drug-likeness (QED) is 0.859. The van der Waals surface area contributed by atoms with E-state index in [4.69, 9.17) is 0 Å². The summed E-state index contributed by atoms with van der Waals surface area (Å²) in [5.41, 5.74) is 3.77. The maximum Gasteiger partial charge on any atom is 0.224 e. The van der Waals surface area contributed by atoms with Crippen LogP contribution in [0.15, 0.2) is 48.7 Å². The number of aromatic nitrogens is 2. The second-order valence-corrected chi connectivity index (χ2v) is 8.03. The Balaban J connectivity index is 1.32. The van der Waals surface area contributed by atoms with Gasteiger partial charge in [-0.1, -0.05) is 42.5 Å². The van der Waals surface area contributed by atoms with E-state index >= 15 is 0 Å². The Morgan fingerprint density at radius 1 is 1.19 bits per heavy atom. The first-order valence-electron chi connectivity index (χ1n) is 9.85. The van der Waals surface area contributed by atoms with Gasteiger partial charge in [0, 0.05) is 17.2 Å². The zero-order chi connectivity index (χ0) is 17.5. The molecule has 3 aliphatic rings. The number of carbonyl (C=O) groups excluding carboxylic acids is 1. The van der Waals surface area contributed by atoms with Gasteiger partial charge < -0.3 is 5.32 Å². The lowest BCUT2D eigenvalue weighted by Crippen LogP contribution is -2.37. The summed E-state index contributed by atoms with van der Waals surface area (Å²) in [6.45, 7) is 0.800. The summed E-state index contributed by atoms with van der Waals surface area (Å²) < 4.78 is 2.11. The normalized spacial score (nSPS) is 28.9. The first-order valence-corrected chi connectivity index (χ1v) is 9.85. The van der Waals surface area contributed by atoms with Gasteiger partial charge in [-0.3, -0.25) is 9.48 Å². The van der Waals surface area contributed by atoms with Gasteiger partial charge in [-0.05, 0) is 49.5 Å². The summed E-state index contributed by atoms with van der Waals surface area (Å²) in [5.74, 6) is 1.51. The number of amides is 1. The molecule has 0 spiro atoms. The number of benzene rings is 1. The summed E-state index contributed by atoms with van der Waals surface area (Å²) in [4.78, 5) is 12.8. The minimum absolute atomic E-state index is 0.124. The fraction of sp³-hybridized carbons (Fsp3) is 0.455. The number of fused-ring (bicyclic) bond motifs is 3. The van der Waals surface area contributed by atoms with Crippen LogP contribution in [0.3, 0.4) is 0 Å². The third-order valence-corrected chi connectivity index (χ3v) is 6.37. The molecule has 134 valence electrons. The summed E-state index contributed by atoms with van der Waals surface area (Å²) in [7, 11) is 0. The molecule has 1 heterocycles. The minimum Gasteiger partial charge on any atom is -0.349 e. The third-order valence-electron chi connectivity index (χ3n) is 6.37. The van der Waals surface area contributed by atoms with Gasteiger partial charge in [-0.2, -0.15) is 5.10 Å². The van der Waals surface area contributed by atoms with Crippen LogP contribution in [0.5, 0.6) is 0 Å². The van der Waals surface area contributed by atoms with Crippen LogP contribution in [0.2, 0.25) is 0 Å². The second-order valence-electron chi connectivity index (χ2n) is 8.03. The molecule has 0 saturated heterocycles. The molecule has 0 radical (unpaired) electrons. The SMILES string of the molecule is O=C(N[C@H]1CCCc2c1cnn2Cc1ccccc1)[C@@H]1C[C@H]2C=C[C@H]1C2. The smallest absolute Gasteiger partial charge is 0.224 e. The van der Waals surface area contributed by atoms with Gasteiger partial charge in [-0.25, -0.2) is 0 Å². The second kappa shape index (κ2) is 6.42. The van der Waals surface area contributed by atoms with Gasteiger partial charge in [0.1, 0.15) is 0 Å². The molecule has 1 aromatic carbocycles. The van der Waals surface area contributed by atoms with Crippen molar-refractivity contribution in [3.05, 3.63) is 65.5 Å². The number of hydrogen-bond donors (Lipinski definition) is 1. The van der Waals surface area contributed by atoms with Gasteiger partial charge in [-0.15, -0.1) is 0 Å². The van der Waals surface area contributed by atoms with E-state index in [1.54, 1.807) is 0 Å². The lowest BCUT2D eigenvalue weighted by molar-refractivity contribution is -0.126. The van der Waals surface area contributed by atoms with Crippen molar-refractivity contribution >= 4 is 5.91 Å². The topological polar surface area (TPSA) is 46.9 Å². The summed E-state index contributed by atoms with van der Waals surface area (Å²) in [5, 5.41) is 7.99. The molecule has 3 aliphatic carbocycles. The number of allylic oxidation sites excluding steroid dienone is 2. The van der Waals surface area contributed by atoms with Gasteiger partial charge in [0.25, 0.3) is 0 Å². The van der Waals surface area contributed by atoms with Crippen molar-refractivity contribution in [3.63, 3.8) is 0 Å². The highest BCUT2D eigenvalue weighted by Crippen LogP contribution is 2.44. The van der Waals surface area contributed by atoms with Crippen molar-refractivity contribution in [1.29, 1.82) is 0 Å². The zero-order valence-corrected chi connectivity index (χ0v) is 15.0. The molecule has 1 aromatic heterocycles. The van der Waals surface area contributed by atoms with Crippen molar-refractivity contribution in [2.75, 3.05) is 0 Å². The number of rotatable bonds is 4. The minimum atomic E-state index is 0.124. The van der Waals surface area contributed by atoms with Crippen LogP contribution in [-0.2, 0) is 17.8 Å². The molecular weight excluding hydrogens is 322 g/mol. The molecular formula is C22H25N3O. The number of nitrogens with one attached hydrogen (secondary N) is 1. The fourth-order valence-electron chi connectivity index (χ4n) is 5.02. The molecule has 1 saturated carbocycles. The predicted molar refractivity (Wildman–Crippen MR) is 100 cm³/mol. The van der Waals surface area contributed by atoms with Crippen molar-refractivity contribution in [2.45, 2.75) is 44.7 Å². The standard InChI is InChI=1S/C22H25N3O/c26-22(18-12-16-9-10-17(18)11-16)24-20-7-4-8-21-19(20)13-23-25(21)14-15-5-2-1-3-6-15/h1-3,5-6,9-10,13,16-18,20H,4,7-8,11-12,14H2,(H,24,26)/t16-,17-,18+,20-/m0/s1. The van der Waals surface area contributed by atoms with Crippen molar-refractivity contribution in [1.82, 2.24) is 15.1 Å². The molecule has 2 bridgehead atoms. The summed E-state index contributed by atoms with van der Waals surface area (Å²) in [6, 6.07) is 10.6. The van der Waals surface area contributed by atoms with E-state index in [2.05, 4.69) is 51.5 Å². The number of nitrogens with zero attached hydrogens (tertiary/aromatic N) is 2. The van der Waals surface area contributed by atoms with E-state index < -0.39 is 0 Å². The number of carbonyl (C=O) groups is 1. The Hall–Kier alpha value is -2.36. The third kappa shape index (κ3) is 2.77. The van der Waals surface area contributed by atoms with Crippen molar-refractivity contribution < 1.29 is 4.79 Å². The van der Waals surface area contributed by atoms with E-state index in [1.807, 2.05) is 12.3 Å². The lowest BCUT2D eigenvalue weighted by Gasteiger charge is -2.27. The average Bonchev–Trinajstić information content (AvgIpc) is 3.39. The highest BCUT2D eigenvalue weighted by molar-refractivity contribution is 5.80. The van der Waals surface area contributed by atoms with E-state index in [1.165, 1.54) is 23.2 Å². The van der Waals surface area contributed by atoms with Crippen LogP contribution in [0, 0.1) is 17.8 Å². The number of hydrogen-bond acceptors (Lipinski definition) is 2. The Morgan fingerprint density at radius 2 is 2.08 bits per heavy atom. The van der Waals surface area contributed by atoms with E-state index in [0.717, 1.165) is 32.2 Å². The van der Waals surface area contributed by atoms with Gasteiger partial charge in [0.2, 0.25) is 5.91 Å². The van der Waals surface area contributed by atoms with Crippen LogP contribution >= 0.6 is 0 Å². The van der Waals surface area contributed by atoms with Crippen LogP contribution < -0.4 is 5.32 Å². The molecule has 5 rings (SSSR count). The van der Waals surface area contributed by atoms with E-state index in [9.17, 15) is 4.79 Å². The Morgan fingerprint density at radius 3 is 2.85 bits per heavy atom. The molecule has 4 heteroatoms. The van der Waals surface area contributed by atoms with Gasteiger partial charge in [0.15, 0.2) is 0 Å². The molecule has 1 amide bonds. The summed E-state index contributed by atoms with van der Waals surface area (Å²) in [6.07, 6.45) is 11.9. The average molecular weight is 347 g/mol. The predicted octanol–water partition coefficient (Wildman–Crippen LogP) is 3.64. The van der Waals surface area contributed by atoms with Gasteiger partial charge >= 0.3 is 0 Å². The molecule has 26 heavy (non-hydrogen) atoms. The molecule has 0 unspecified atom stereocenters. The molecule has 1 N–H and O–H groups in total. The maximum absolute atomic E-state index is 12.8. The Bertz CT molecular complexity index is 838. The largest absolute Gasteiger partial charge is 0.349 e. The monoisotopic (exact) mass is 347 g/mol.